The molecular formula is C10H15IN2O2. The number of H-pyrrole nitrogens is 1. The molecule has 0 saturated heterocycles. The zero-order valence-corrected chi connectivity index (χ0v) is 11.1. The lowest BCUT2D eigenvalue weighted by Gasteiger charge is -2.11. The molecule has 0 saturated carbocycles. The molecular weight excluding hydrogens is 307 g/mol. The molecule has 5 heteroatoms. The van der Waals surface area contributed by atoms with Crippen molar-refractivity contribution in [2.75, 3.05) is 6.61 Å². The van der Waals surface area contributed by atoms with Crippen LogP contribution in [0.5, 0.6) is 5.88 Å². The van der Waals surface area contributed by atoms with Gasteiger partial charge in [0.1, 0.15) is 3.57 Å². The van der Waals surface area contributed by atoms with Gasteiger partial charge in [0, 0.05) is 0 Å². The smallest absolute Gasteiger partial charge is 0.268 e. The fraction of sp³-hybridized carbons (Fsp3) is 0.600. The monoisotopic (exact) mass is 322 g/mol. The average Bonchev–Trinajstić information content (AvgIpc) is 2.21. The third-order valence-corrected chi connectivity index (χ3v) is 3.00. The van der Waals surface area contributed by atoms with Crippen molar-refractivity contribution in [1.29, 1.82) is 0 Å². The fourth-order valence-electron chi connectivity index (χ4n) is 1.26. The Kier molecular flexibility index (Phi) is 5.07. The maximum atomic E-state index is 11.2. The van der Waals surface area contributed by atoms with Crippen LogP contribution in [0.15, 0.2) is 11.1 Å². The Balaban J connectivity index is 2.58. The summed E-state index contributed by atoms with van der Waals surface area (Å²) in [7, 11) is 0. The lowest BCUT2D eigenvalue weighted by atomic mass is 10.1. The second-order valence-electron chi connectivity index (χ2n) is 3.56. The van der Waals surface area contributed by atoms with Gasteiger partial charge in [0.2, 0.25) is 5.88 Å². The van der Waals surface area contributed by atoms with Gasteiger partial charge in [-0.15, -0.1) is 0 Å². The van der Waals surface area contributed by atoms with E-state index in [1.165, 1.54) is 6.33 Å². The van der Waals surface area contributed by atoms with E-state index in [2.05, 4.69) is 23.8 Å². The molecule has 0 fully saturated rings. The zero-order chi connectivity index (χ0) is 11.3. The number of aromatic amines is 1. The molecule has 0 spiro atoms. The normalized spacial score (nSPS) is 12.5. The van der Waals surface area contributed by atoms with E-state index in [9.17, 15) is 4.79 Å². The average molecular weight is 322 g/mol. The minimum Gasteiger partial charge on any atom is -0.476 e. The first-order chi connectivity index (χ1) is 7.15. The number of hydrogen-bond acceptors (Lipinski definition) is 3. The summed E-state index contributed by atoms with van der Waals surface area (Å²) in [6, 6.07) is 0. The van der Waals surface area contributed by atoms with Gasteiger partial charge in [-0.05, 0) is 34.9 Å². The van der Waals surface area contributed by atoms with Crippen LogP contribution >= 0.6 is 22.6 Å². The molecule has 4 nitrogen and oxygen atoms in total. The molecule has 0 aliphatic rings. The van der Waals surface area contributed by atoms with Crippen LogP contribution in [0.2, 0.25) is 0 Å². The molecule has 1 atom stereocenters. The number of hydrogen-bond donors (Lipinski definition) is 1. The Hall–Kier alpha value is -0.590. The van der Waals surface area contributed by atoms with Gasteiger partial charge >= 0.3 is 0 Å². The first kappa shape index (κ1) is 12.5. The molecule has 0 radical (unpaired) electrons. The van der Waals surface area contributed by atoms with Gasteiger partial charge in [-0.2, -0.15) is 0 Å². The van der Waals surface area contributed by atoms with E-state index in [0.717, 1.165) is 12.8 Å². The van der Waals surface area contributed by atoms with Crippen molar-refractivity contribution in [3.63, 3.8) is 0 Å². The van der Waals surface area contributed by atoms with Crippen LogP contribution in [-0.2, 0) is 0 Å². The van der Waals surface area contributed by atoms with Gasteiger partial charge < -0.3 is 9.72 Å². The maximum absolute atomic E-state index is 11.2. The largest absolute Gasteiger partial charge is 0.476 e. The van der Waals surface area contributed by atoms with E-state index >= 15 is 0 Å². The predicted molar refractivity (Wildman–Crippen MR) is 67.1 cm³/mol. The van der Waals surface area contributed by atoms with Crippen LogP contribution in [0.4, 0.5) is 0 Å². The molecule has 15 heavy (non-hydrogen) atoms. The highest BCUT2D eigenvalue weighted by atomic mass is 127. The quantitative estimate of drug-likeness (QED) is 0.846. The van der Waals surface area contributed by atoms with E-state index in [1.807, 2.05) is 22.6 Å². The van der Waals surface area contributed by atoms with E-state index < -0.39 is 0 Å². The second kappa shape index (κ2) is 6.09. The first-order valence-corrected chi connectivity index (χ1v) is 6.09. The number of rotatable bonds is 5. The number of aromatic nitrogens is 2. The minimum absolute atomic E-state index is 0.149. The molecule has 1 aromatic heterocycles. The lowest BCUT2D eigenvalue weighted by molar-refractivity contribution is 0.240. The van der Waals surface area contributed by atoms with Gasteiger partial charge in [0.15, 0.2) is 0 Å². The topological polar surface area (TPSA) is 55.0 Å². The van der Waals surface area contributed by atoms with E-state index in [0.29, 0.717) is 22.0 Å². The van der Waals surface area contributed by atoms with Crippen molar-refractivity contribution >= 4 is 22.6 Å². The molecule has 1 aromatic rings. The number of ether oxygens (including phenoxy) is 1. The number of halogens is 1. The SMILES string of the molecule is CCCC(C)COc1nc[nH]c(=O)c1I. The minimum atomic E-state index is -0.149. The Morgan fingerprint density at radius 1 is 1.67 bits per heavy atom. The molecule has 0 bridgehead atoms. The summed E-state index contributed by atoms with van der Waals surface area (Å²) in [5.74, 6) is 0.925. The highest BCUT2D eigenvalue weighted by Gasteiger charge is 2.08. The Bertz CT molecular complexity index is 365. The highest BCUT2D eigenvalue weighted by molar-refractivity contribution is 14.1. The molecule has 0 aliphatic heterocycles. The van der Waals surface area contributed by atoms with Crippen molar-refractivity contribution in [2.45, 2.75) is 26.7 Å². The van der Waals surface area contributed by atoms with Crippen LogP contribution in [0.25, 0.3) is 0 Å². The number of nitrogens with one attached hydrogen (secondary N) is 1. The third-order valence-electron chi connectivity index (χ3n) is 2.05. The van der Waals surface area contributed by atoms with E-state index in [1.54, 1.807) is 0 Å². The summed E-state index contributed by atoms with van der Waals surface area (Å²) in [5.41, 5.74) is -0.149. The van der Waals surface area contributed by atoms with Crippen LogP contribution in [0.3, 0.4) is 0 Å². The summed E-state index contributed by atoms with van der Waals surface area (Å²) in [5, 5.41) is 0. The summed E-state index contributed by atoms with van der Waals surface area (Å²) in [6.07, 6.45) is 3.63. The molecule has 1 rings (SSSR count). The van der Waals surface area contributed by atoms with Gasteiger partial charge in [-0.25, -0.2) is 4.98 Å². The number of nitrogens with zero attached hydrogens (tertiary/aromatic N) is 1. The maximum Gasteiger partial charge on any atom is 0.268 e. The van der Waals surface area contributed by atoms with Crippen LogP contribution in [-0.4, -0.2) is 16.6 Å². The first-order valence-electron chi connectivity index (χ1n) is 5.01. The summed E-state index contributed by atoms with van der Waals surface area (Å²) in [4.78, 5) is 17.7. The molecule has 0 amide bonds. The molecule has 1 N–H and O–H groups in total. The van der Waals surface area contributed by atoms with E-state index in [4.69, 9.17) is 4.74 Å². The predicted octanol–water partition coefficient (Wildman–Crippen LogP) is 2.19. The van der Waals surface area contributed by atoms with Crippen LogP contribution in [0.1, 0.15) is 26.7 Å². The molecule has 0 aliphatic carbocycles. The van der Waals surface area contributed by atoms with Crippen LogP contribution < -0.4 is 10.3 Å². The van der Waals surface area contributed by atoms with Crippen molar-refractivity contribution in [3.8, 4) is 5.88 Å². The van der Waals surface area contributed by atoms with Gasteiger partial charge in [-0.3, -0.25) is 4.79 Å². The van der Waals surface area contributed by atoms with E-state index in [-0.39, 0.29) is 5.56 Å². The van der Waals surface area contributed by atoms with Crippen molar-refractivity contribution in [1.82, 2.24) is 9.97 Å². The summed E-state index contributed by atoms with van der Waals surface area (Å²) in [6.45, 7) is 4.88. The van der Waals surface area contributed by atoms with Gasteiger partial charge in [0.05, 0.1) is 12.9 Å². The zero-order valence-electron chi connectivity index (χ0n) is 8.92. The molecule has 1 unspecified atom stereocenters. The Morgan fingerprint density at radius 3 is 3.07 bits per heavy atom. The summed E-state index contributed by atoms with van der Waals surface area (Å²) < 4.78 is 6.01. The molecule has 0 aromatic carbocycles. The lowest BCUT2D eigenvalue weighted by Crippen LogP contribution is -2.15. The summed E-state index contributed by atoms with van der Waals surface area (Å²) >= 11 is 1.94. The van der Waals surface area contributed by atoms with Crippen LogP contribution in [0, 0.1) is 9.49 Å². The molecule has 84 valence electrons. The van der Waals surface area contributed by atoms with Crippen molar-refractivity contribution in [3.05, 3.63) is 20.3 Å². The fourth-order valence-corrected chi connectivity index (χ4v) is 1.72. The standard InChI is InChI=1S/C10H15IN2O2/c1-3-4-7(2)5-15-10-8(11)9(14)12-6-13-10/h6-7H,3-5H2,1-2H3,(H,12,13,14). The van der Waals surface area contributed by atoms with Gasteiger partial charge in [-0.1, -0.05) is 20.3 Å². The second-order valence-corrected chi connectivity index (χ2v) is 4.63. The Labute approximate surface area is 103 Å². The Morgan fingerprint density at radius 2 is 2.40 bits per heavy atom. The van der Waals surface area contributed by atoms with Crippen molar-refractivity contribution in [2.24, 2.45) is 5.92 Å². The van der Waals surface area contributed by atoms with Gasteiger partial charge in [0.25, 0.3) is 5.56 Å². The third kappa shape index (κ3) is 3.81. The van der Waals surface area contributed by atoms with Crippen molar-refractivity contribution < 1.29 is 4.74 Å². The molecule has 1 heterocycles. The highest BCUT2D eigenvalue weighted by Crippen LogP contribution is 2.14.